The number of nitrogens with one attached hydrogen (secondary N) is 3. The summed E-state index contributed by atoms with van der Waals surface area (Å²) in [5, 5.41) is 24.3. The van der Waals surface area contributed by atoms with Crippen LogP contribution in [0.25, 0.3) is 0 Å². The van der Waals surface area contributed by atoms with Gasteiger partial charge in [-0.3, -0.25) is 15.6 Å². The van der Waals surface area contributed by atoms with Crippen molar-refractivity contribution in [3.05, 3.63) is 53.0 Å². The zero-order valence-corrected chi connectivity index (χ0v) is 18.9. The number of halogens is 1. The van der Waals surface area contributed by atoms with Crippen molar-refractivity contribution in [1.29, 1.82) is 10.8 Å². The molecule has 2 aromatic rings. The molecule has 2 aliphatic rings. The smallest absolute Gasteiger partial charge is 0.259 e. The molecule has 0 radical (unpaired) electrons. The molecular weight excluding hydrogens is 437 g/mol. The number of nitrogens with two attached hydrogens (primary N) is 2. The summed E-state index contributed by atoms with van der Waals surface area (Å²) in [4.78, 5) is 18.8. The molecule has 10 nitrogen and oxygen atoms in total. The fourth-order valence-corrected chi connectivity index (χ4v) is 3.76. The van der Waals surface area contributed by atoms with Crippen LogP contribution < -0.4 is 22.0 Å². The van der Waals surface area contributed by atoms with Crippen molar-refractivity contribution in [3.8, 4) is 0 Å². The maximum absolute atomic E-state index is 14.7. The van der Waals surface area contributed by atoms with E-state index in [-0.39, 0.29) is 23.1 Å². The summed E-state index contributed by atoms with van der Waals surface area (Å²) in [5.41, 5.74) is 6.87. The van der Waals surface area contributed by atoms with Crippen LogP contribution >= 0.6 is 0 Å². The number of benzene rings is 1. The summed E-state index contributed by atoms with van der Waals surface area (Å²) in [6.45, 7) is 2.24. The Bertz CT molecular complexity index is 1180. The van der Waals surface area contributed by atoms with Gasteiger partial charge < -0.3 is 16.0 Å². The van der Waals surface area contributed by atoms with Crippen molar-refractivity contribution in [2.24, 2.45) is 22.6 Å². The van der Waals surface area contributed by atoms with E-state index < -0.39 is 11.7 Å². The number of hydrogen-bond donors (Lipinski definition) is 5. The maximum Gasteiger partial charge on any atom is 0.259 e. The zero-order valence-electron chi connectivity index (χ0n) is 18.9. The molecule has 1 amide bonds. The number of nitrogens with zero attached hydrogens (tertiary/aromatic N) is 4. The van der Waals surface area contributed by atoms with E-state index in [0.717, 1.165) is 30.8 Å². The Kier molecular flexibility index (Phi) is 6.55. The molecule has 1 saturated carbocycles. The fourth-order valence-electron chi connectivity index (χ4n) is 3.76. The van der Waals surface area contributed by atoms with Gasteiger partial charge in [0, 0.05) is 18.9 Å². The van der Waals surface area contributed by atoms with Crippen molar-refractivity contribution >= 4 is 34.9 Å². The molecule has 0 atom stereocenters. The third-order valence-electron chi connectivity index (χ3n) is 5.87. The SMILES string of the molecule is Cc1cc(F)c(C(=O)Nc2cccc(C(=N)N3CCCCC3=N)n2)cc1N(N)/N=C(\N)C1CC1. The van der Waals surface area contributed by atoms with Gasteiger partial charge in [0.2, 0.25) is 0 Å². The lowest BCUT2D eigenvalue weighted by atomic mass is 10.1. The first-order valence-electron chi connectivity index (χ1n) is 11.2. The highest BCUT2D eigenvalue weighted by atomic mass is 19.1. The average Bonchev–Trinajstić information content (AvgIpc) is 3.64. The van der Waals surface area contributed by atoms with Crippen LogP contribution in [0.2, 0.25) is 0 Å². The Morgan fingerprint density at radius 2 is 2.09 bits per heavy atom. The number of rotatable bonds is 6. The van der Waals surface area contributed by atoms with Gasteiger partial charge in [-0.25, -0.2) is 15.2 Å². The van der Waals surface area contributed by atoms with E-state index in [4.69, 9.17) is 22.4 Å². The van der Waals surface area contributed by atoms with Crippen molar-refractivity contribution in [1.82, 2.24) is 9.88 Å². The molecule has 1 aromatic carbocycles. The first-order valence-corrected chi connectivity index (χ1v) is 11.2. The summed E-state index contributed by atoms with van der Waals surface area (Å²) in [6.07, 6.45) is 4.35. The number of carbonyl (C=O) groups is 1. The quantitative estimate of drug-likeness (QED) is 0.191. The standard InChI is InChI=1S/C23H28FN9O/c1-13-11-16(24)15(12-18(13)33(28)31-21(26)14-8-9-14)23(34)30-20-7-4-5-17(29-20)22(27)32-10-3-2-6-19(32)25/h4-5,7,11-12,14,25,27H,2-3,6,8-10,28H2,1H3,(H2,26,31)(H,29,30,34). The molecule has 34 heavy (non-hydrogen) atoms. The van der Waals surface area contributed by atoms with E-state index in [1.54, 1.807) is 30.0 Å². The van der Waals surface area contributed by atoms with Crippen LogP contribution in [0.3, 0.4) is 0 Å². The second-order valence-electron chi connectivity index (χ2n) is 8.53. The van der Waals surface area contributed by atoms with Crippen molar-refractivity contribution in [2.75, 3.05) is 17.0 Å². The number of pyridine rings is 1. The van der Waals surface area contributed by atoms with Crippen LogP contribution in [0.15, 0.2) is 35.4 Å². The monoisotopic (exact) mass is 465 g/mol. The third-order valence-corrected chi connectivity index (χ3v) is 5.87. The highest BCUT2D eigenvalue weighted by Gasteiger charge is 2.27. The maximum atomic E-state index is 14.7. The van der Waals surface area contributed by atoms with Gasteiger partial charge in [0.1, 0.15) is 29.0 Å². The van der Waals surface area contributed by atoms with Crippen LogP contribution in [0.5, 0.6) is 0 Å². The van der Waals surface area contributed by atoms with Gasteiger partial charge >= 0.3 is 0 Å². The van der Waals surface area contributed by atoms with Crippen LogP contribution in [-0.2, 0) is 0 Å². The van der Waals surface area contributed by atoms with Crippen LogP contribution in [0.1, 0.15) is 53.7 Å². The fraction of sp³-hybridized carbons (Fsp3) is 0.348. The number of hydrazine groups is 1. The molecule has 0 unspecified atom stereocenters. The van der Waals surface area contributed by atoms with Crippen LogP contribution in [0.4, 0.5) is 15.9 Å². The van der Waals surface area contributed by atoms with Gasteiger partial charge in [0.05, 0.1) is 11.3 Å². The molecule has 4 rings (SSSR count). The Hall–Kier alpha value is -3.86. The number of aromatic nitrogens is 1. The molecule has 1 aliphatic carbocycles. The largest absolute Gasteiger partial charge is 0.385 e. The predicted molar refractivity (Wildman–Crippen MR) is 129 cm³/mol. The second-order valence-corrected chi connectivity index (χ2v) is 8.53. The Morgan fingerprint density at radius 3 is 2.79 bits per heavy atom. The van der Waals surface area contributed by atoms with Gasteiger partial charge in [-0.05, 0) is 62.4 Å². The number of carbonyl (C=O) groups excluding carboxylic acids is 1. The predicted octanol–water partition coefficient (Wildman–Crippen LogP) is 2.93. The molecule has 0 bridgehead atoms. The molecule has 11 heteroatoms. The minimum absolute atomic E-state index is 0.0921. The summed E-state index contributed by atoms with van der Waals surface area (Å²) >= 11 is 0. The number of aryl methyl sites for hydroxylation is 1. The third kappa shape index (κ3) is 5.04. The van der Waals surface area contributed by atoms with E-state index in [0.29, 0.717) is 41.6 Å². The Balaban J connectivity index is 1.53. The lowest BCUT2D eigenvalue weighted by Crippen LogP contribution is -2.40. The first-order chi connectivity index (χ1) is 16.2. The van der Waals surface area contributed by atoms with Crippen molar-refractivity contribution < 1.29 is 9.18 Å². The van der Waals surface area contributed by atoms with E-state index in [1.807, 2.05) is 0 Å². The highest BCUT2D eigenvalue weighted by Crippen LogP contribution is 2.30. The minimum atomic E-state index is -0.715. The Labute approximate surface area is 196 Å². The van der Waals surface area contributed by atoms with Gasteiger partial charge in [-0.2, -0.15) is 5.12 Å². The highest BCUT2D eigenvalue weighted by molar-refractivity contribution is 6.07. The number of piperidine rings is 1. The number of hydrazone groups is 1. The molecule has 7 N–H and O–H groups in total. The number of hydrogen-bond acceptors (Lipinski definition) is 7. The summed E-state index contributed by atoms with van der Waals surface area (Å²) in [7, 11) is 0. The lowest BCUT2D eigenvalue weighted by Gasteiger charge is -2.29. The number of amides is 1. The normalized spacial score (nSPS) is 16.4. The van der Waals surface area contributed by atoms with Gasteiger partial charge in [-0.1, -0.05) is 6.07 Å². The summed E-state index contributed by atoms with van der Waals surface area (Å²) in [6, 6.07) is 7.38. The molecule has 0 spiro atoms. The minimum Gasteiger partial charge on any atom is -0.385 e. The van der Waals surface area contributed by atoms with Crippen LogP contribution in [0, 0.1) is 29.5 Å². The molecule has 1 aromatic heterocycles. The van der Waals surface area contributed by atoms with Crippen LogP contribution in [-0.4, -0.2) is 39.8 Å². The Morgan fingerprint density at radius 1 is 1.32 bits per heavy atom. The lowest BCUT2D eigenvalue weighted by molar-refractivity contribution is 0.102. The number of amidine groups is 3. The summed E-state index contributed by atoms with van der Waals surface area (Å²) in [5.74, 6) is 5.84. The van der Waals surface area contributed by atoms with Crippen molar-refractivity contribution in [3.63, 3.8) is 0 Å². The molecular formula is C23H28FN9O. The van der Waals surface area contributed by atoms with E-state index in [9.17, 15) is 9.18 Å². The second kappa shape index (κ2) is 9.56. The topological polar surface area (TPSA) is 161 Å². The average molecular weight is 466 g/mol. The molecule has 178 valence electrons. The van der Waals surface area contributed by atoms with E-state index >= 15 is 0 Å². The van der Waals surface area contributed by atoms with Gasteiger partial charge in [-0.15, -0.1) is 5.10 Å². The molecule has 1 saturated heterocycles. The first kappa shape index (κ1) is 23.3. The van der Waals surface area contributed by atoms with Gasteiger partial charge in [0.15, 0.2) is 5.84 Å². The molecule has 1 aliphatic heterocycles. The number of anilines is 2. The van der Waals surface area contributed by atoms with Gasteiger partial charge in [0.25, 0.3) is 5.91 Å². The summed E-state index contributed by atoms with van der Waals surface area (Å²) < 4.78 is 14.7. The molecule has 2 heterocycles. The number of likely N-dealkylation sites (tertiary alicyclic amines) is 1. The van der Waals surface area contributed by atoms with E-state index in [1.165, 1.54) is 12.1 Å². The van der Waals surface area contributed by atoms with Crippen molar-refractivity contribution in [2.45, 2.75) is 39.0 Å². The van der Waals surface area contributed by atoms with E-state index in [2.05, 4.69) is 15.4 Å². The zero-order chi connectivity index (χ0) is 24.4. The molecule has 2 fully saturated rings.